The molecule has 0 atom stereocenters. The third-order valence-electron chi connectivity index (χ3n) is 2.33. The average molecular weight is 247 g/mol. The number of hydrogen-bond donors (Lipinski definition) is 1. The molecule has 0 aliphatic rings. The number of aromatic nitrogens is 2. The quantitative estimate of drug-likeness (QED) is 0.844. The van der Waals surface area contributed by atoms with E-state index in [1.807, 2.05) is 44.3 Å². The second-order valence-corrected chi connectivity index (χ2v) is 4.15. The van der Waals surface area contributed by atoms with E-state index in [0.29, 0.717) is 16.6 Å². The van der Waals surface area contributed by atoms with Crippen LogP contribution in [-0.2, 0) is 7.05 Å². The Kier molecular flexibility index (Phi) is 3.10. The van der Waals surface area contributed by atoms with Crippen LogP contribution in [-0.4, -0.2) is 14.8 Å². The van der Waals surface area contributed by atoms with E-state index in [4.69, 9.17) is 22.7 Å². The van der Waals surface area contributed by atoms with Crippen LogP contribution >= 0.6 is 12.2 Å². The minimum atomic E-state index is 0.319. The number of rotatable bonds is 3. The number of benzene rings is 1. The smallest absolute Gasteiger partial charge is 0.217 e. The molecule has 1 heterocycles. The molecule has 0 amide bonds. The summed E-state index contributed by atoms with van der Waals surface area (Å²) in [6.07, 6.45) is 0. The molecule has 4 nitrogen and oxygen atoms in total. The van der Waals surface area contributed by atoms with Gasteiger partial charge < -0.3 is 10.5 Å². The van der Waals surface area contributed by atoms with E-state index >= 15 is 0 Å². The standard InChI is InChI=1S/C12H13N3OS/c1-8-7-11(15(2)14-8)16-10-6-4-3-5-9(10)12(13)17/h3-7H,1-2H3,(H2,13,17). The van der Waals surface area contributed by atoms with Gasteiger partial charge in [0, 0.05) is 13.1 Å². The number of nitrogens with zero attached hydrogens (tertiary/aromatic N) is 2. The molecule has 5 heteroatoms. The zero-order valence-electron chi connectivity index (χ0n) is 9.68. The van der Waals surface area contributed by atoms with Gasteiger partial charge in [0.05, 0.1) is 11.3 Å². The maximum absolute atomic E-state index is 5.76. The fourth-order valence-electron chi connectivity index (χ4n) is 1.55. The topological polar surface area (TPSA) is 53.1 Å². The Labute approximate surface area is 105 Å². The number of ether oxygens (including phenoxy) is 1. The lowest BCUT2D eigenvalue weighted by molar-refractivity contribution is 0.430. The molecule has 88 valence electrons. The molecule has 0 spiro atoms. The summed E-state index contributed by atoms with van der Waals surface area (Å²) in [5, 5.41) is 4.21. The number of hydrogen-bond acceptors (Lipinski definition) is 3. The molecule has 2 rings (SSSR count). The van der Waals surface area contributed by atoms with Crippen molar-refractivity contribution in [3.8, 4) is 11.6 Å². The van der Waals surface area contributed by atoms with Crippen LogP contribution < -0.4 is 10.5 Å². The molecule has 0 fully saturated rings. The molecule has 0 saturated heterocycles. The summed E-state index contributed by atoms with van der Waals surface area (Å²) in [6, 6.07) is 9.27. The molecule has 0 unspecified atom stereocenters. The molecular weight excluding hydrogens is 234 g/mol. The van der Waals surface area contributed by atoms with E-state index in [-0.39, 0.29) is 0 Å². The molecule has 0 radical (unpaired) electrons. The van der Waals surface area contributed by atoms with E-state index in [9.17, 15) is 0 Å². The zero-order valence-corrected chi connectivity index (χ0v) is 10.5. The van der Waals surface area contributed by atoms with Crippen LogP contribution in [0.5, 0.6) is 11.6 Å². The second-order valence-electron chi connectivity index (χ2n) is 3.71. The van der Waals surface area contributed by atoms with Gasteiger partial charge in [-0.05, 0) is 19.1 Å². The number of para-hydroxylation sites is 1. The number of thiocarbonyl (C=S) groups is 1. The number of nitrogens with two attached hydrogens (primary N) is 1. The highest BCUT2D eigenvalue weighted by Gasteiger charge is 2.09. The Morgan fingerprint density at radius 2 is 2.12 bits per heavy atom. The van der Waals surface area contributed by atoms with Crippen molar-refractivity contribution >= 4 is 17.2 Å². The average Bonchev–Trinajstić information content (AvgIpc) is 2.58. The molecule has 0 bridgehead atoms. The lowest BCUT2D eigenvalue weighted by Gasteiger charge is -2.09. The van der Waals surface area contributed by atoms with Crippen LogP contribution in [0.3, 0.4) is 0 Å². The van der Waals surface area contributed by atoms with Gasteiger partial charge >= 0.3 is 0 Å². The maximum atomic E-state index is 5.76. The van der Waals surface area contributed by atoms with Crippen molar-refractivity contribution in [3.05, 3.63) is 41.6 Å². The summed E-state index contributed by atoms with van der Waals surface area (Å²) in [6.45, 7) is 1.91. The first kappa shape index (κ1) is 11.6. The molecule has 17 heavy (non-hydrogen) atoms. The van der Waals surface area contributed by atoms with Gasteiger partial charge in [0.1, 0.15) is 10.7 Å². The molecule has 2 aromatic rings. The van der Waals surface area contributed by atoms with Gasteiger partial charge in [0.2, 0.25) is 5.88 Å². The Balaban J connectivity index is 2.36. The first-order chi connectivity index (χ1) is 8.08. The molecule has 1 aromatic heterocycles. The summed E-state index contributed by atoms with van der Waals surface area (Å²) in [7, 11) is 1.83. The van der Waals surface area contributed by atoms with Crippen LogP contribution in [0.15, 0.2) is 30.3 Å². The highest BCUT2D eigenvalue weighted by molar-refractivity contribution is 7.80. The predicted molar refractivity (Wildman–Crippen MR) is 70.3 cm³/mol. The Bertz CT molecular complexity index is 563. The normalized spacial score (nSPS) is 10.2. The van der Waals surface area contributed by atoms with Gasteiger partial charge in [0.25, 0.3) is 0 Å². The van der Waals surface area contributed by atoms with Crippen molar-refractivity contribution in [2.45, 2.75) is 6.92 Å². The third kappa shape index (κ3) is 2.45. The minimum Gasteiger partial charge on any atom is -0.439 e. The molecule has 0 aliphatic heterocycles. The SMILES string of the molecule is Cc1cc(Oc2ccccc2C(N)=S)n(C)n1. The van der Waals surface area contributed by atoms with E-state index in [0.717, 1.165) is 11.3 Å². The highest BCUT2D eigenvalue weighted by Crippen LogP contribution is 2.25. The van der Waals surface area contributed by atoms with E-state index in [1.165, 1.54) is 0 Å². The summed E-state index contributed by atoms with van der Waals surface area (Å²) < 4.78 is 7.43. The monoisotopic (exact) mass is 247 g/mol. The van der Waals surface area contributed by atoms with Gasteiger partial charge in [0.15, 0.2) is 0 Å². The third-order valence-corrected chi connectivity index (χ3v) is 2.55. The molecule has 0 aliphatic carbocycles. The molecular formula is C12H13N3OS. The van der Waals surface area contributed by atoms with Gasteiger partial charge in [-0.15, -0.1) is 0 Å². The van der Waals surface area contributed by atoms with Crippen LogP contribution in [0.1, 0.15) is 11.3 Å². The van der Waals surface area contributed by atoms with Gasteiger partial charge in [-0.3, -0.25) is 0 Å². The van der Waals surface area contributed by atoms with Crippen molar-refractivity contribution in [2.75, 3.05) is 0 Å². The lowest BCUT2D eigenvalue weighted by Crippen LogP contribution is -2.10. The zero-order chi connectivity index (χ0) is 12.4. The minimum absolute atomic E-state index is 0.319. The van der Waals surface area contributed by atoms with Crippen LogP contribution in [0.25, 0.3) is 0 Å². The van der Waals surface area contributed by atoms with E-state index < -0.39 is 0 Å². The molecule has 2 N–H and O–H groups in total. The number of aryl methyl sites for hydroxylation is 2. The summed E-state index contributed by atoms with van der Waals surface area (Å²) >= 11 is 4.98. The van der Waals surface area contributed by atoms with Crippen molar-refractivity contribution in [1.82, 2.24) is 9.78 Å². The first-order valence-electron chi connectivity index (χ1n) is 5.15. The van der Waals surface area contributed by atoms with Crippen LogP contribution in [0.4, 0.5) is 0 Å². The lowest BCUT2D eigenvalue weighted by atomic mass is 10.2. The van der Waals surface area contributed by atoms with Gasteiger partial charge in [-0.1, -0.05) is 24.4 Å². The van der Waals surface area contributed by atoms with Gasteiger partial charge in [-0.2, -0.15) is 5.10 Å². The highest BCUT2D eigenvalue weighted by atomic mass is 32.1. The van der Waals surface area contributed by atoms with Crippen LogP contribution in [0, 0.1) is 6.92 Å². The van der Waals surface area contributed by atoms with Crippen molar-refractivity contribution in [3.63, 3.8) is 0 Å². The maximum Gasteiger partial charge on any atom is 0.217 e. The first-order valence-corrected chi connectivity index (χ1v) is 5.56. The van der Waals surface area contributed by atoms with Crippen molar-refractivity contribution in [2.24, 2.45) is 12.8 Å². The fraction of sp³-hybridized carbons (Fsp3) is 0.167. The summed E-state index contributed by atoms with van der Waals surface area (Å²) in [5.41, 5.74) is 7.26. The van der Waals surface area contributed by atoms with Crippen molar-refractivity contribution in [1.29, 1.82) is 0 Å². The predicted octanol–water partition coefficient (Wildman–Crippen LogP) is 2.16. The molecule has 0 saturated carbocycles. The fourth-order valence-corrected chi connectivity index (χ4v) is 1.72. The molecule has 1 aromatic carbocycles. The van der Waals surface area contributed by atoms with Crippen LogP contribution in [0.2, 0.25) is 0 Å². The van der Waals surface area contributed by atoms with E-state index in [1.54, 1.807) is 4.68 Å². The Hall–Kier alpha value is -1.88. The second kappa shape index (κ2) is 4.55. The Morgan fingerprint density at radius 1 is 1.41 bits per heavy atom. The largest absolute Gasteiger partial charge is 0.439 e. The summed E-state index contributed by atoms with van der Waals surface area (Å²) in [4.78, 5) is 0.319. The van der Waals surface area contributed by atoms with E-state index in [2.05, 4.69) is 5.10 Å². The Morgan fingerprint density at radius 3 is 2.71 bits per heavy atom. The van der Waals surface area contributed by atoms with Gasteiger partial charge in [-0.25, -0.2) is 4.68 Å². The summed E-state index contributed by atoms with van der Waals surface area (Å²) in [5.74, 6) is 1.30. The van der Waals surface area contributed by atoms with Crippen molar-refractivity contribution < 1.29 is 4.74 Å².